The zero-order valence-corrected chi connectivity index (χ0v) is 26.1. The van der Waals surface area contributed by atoms with Gasteiger partial charge in [0, 0.05) is 32.5 Å². The number of aromatic nitrogens is 5. The smallest absolute Gasteiger partial charge is 0.410 e. The molecule has 2 unspecified atom stereocenters. The van der Waals surface area contributed by atoms with Gasteiger partial charge in [-0.25, -0.2) is 27.7 Å². The van der Waals surface area contributed by atoms with Crippen LogP contribution in [0.1, 0.15) is 79.9 Å². The van der Waals surface area contributed by atoms with Crippen LogP contribution in [0.2, 0.25) is 0 Å². The van der Waals surface area contributed by atoms with Gasteiger partial charge >= 0.3 is 12.3 Å². The van der Waals surface area contributed by atoms with Crippen molar-refractivity contribution in [1.82, 2.24) is 40.4 Å². The molecule has 0 aromatic carbocycles. The summed E-state index contributed by atoms with van der Waals surface area (Å²) in [6.45, 7) is 4.94. The zero-order chi connectivity index (χ0) is 34.3. The van der Waals surface area contributed by atoms with Crippen molar-refractivity contribution in [3.8, 4) is 0 Å². The lowest BCUT2D eigenvalue weighted by molar-refractivity contribution is -0.183. The number of ether oxygens (including phenoxy) is 1. The lowest BCUT2D eigenvalue weighted by atomic mass is 9.81. The molecule has 256 valence electrons. The van der Waals surface area contributed by atoms with Crippen LogP contribution in [0.5, 0.6) is 0 Å². The Bertz CT molecular complexity index is 1620. The van der Waals surface area contributed by atoms with Crippen LogP contribution in [-0.4, -0.2) is 78.5 Å². The van der Waals surface area contributed by atoms with Crippen molar-refractivity contribution in [1.29, 1.82) is 0 Å². The number of amides is 3. The zero-order valence-electron chi connectivity index (χ0n) is 26.1. The first-order valence-electron chi connectivity index (χ1n) is 15.0. The molecule has 0 radical (unpaired) electrons. The third-order valence-corrected chi connectivity index (χ3v) is 8.30. The third kappa shape index (κ3) is 7.96. The van der Waals surface area contributed by atoms with Crippen LogP contribution >= 0.6 is 0 Å². The van der Waals surface area contributed by atoms with Crippen molar-refractivity contribution >= 4 is 23.6 Å². The Labute approximate surface area is 265 Å². The van der Waals surface area contributed by atoms with E-state index in [4.69, 9.17) is 4.74 Å². The molecule has 3 amide bonds. The van der Waals surface area contributed by atoms with Gasteiger partial charge in [0.25, 0.3) is 5.91 Å². The number of carbonyl (C=O) groups excluding carboxylic acids is 3. The summed E-state index contributed by atoms with van der Waals surface area (Å²) in [6, 6.07) is 0.772. The molecule has 4 heterocycles. The number of hydrogen-bond acceptors (Lipinski definition) is 9. The molecule has 3 atom stereocenters. The molecule has 47 heavy (non-hydrogen) atoms. The summed E-state index contributed by atoms with van der Waals surface area (Å²) < 4.78 is 80.7. The summed E-state index contributed by atoms with van der Waals surface area (Å²) >= 11 is 0. The Balaban J connectivity index is 1.31. The molecule has 13 nitrogen and oxygen atoms in total. The molecule has 2 fully saturated rings. The monoisotopic (exact) mass is 670 g/mol. The maximum atomic E-state index is 14.0. The molecule has 1 saturated carbocycles. The molecule has 1 aliphatic carbocycles. The Morgan fingerprint density at radius 1 is 1.13 bits per heavy atom. The maximum absolute atomic E-state index is 14.0. The minimum Gasteiger partial charge on any atom is -0.444 e. The fourth-order valence-electron chi connectivity index (χ4n) is 5.85. The van der Waals surface area contributed by atoms with Gasteiger partial charge < -0.3 is 20.3 Å². The first kappa shape index (κ1) is 34.0. The highest BCUT2D eigenvalue weighted by Crippen LogP contribution is 2.42. The number of carbonyl (C=O) groups is 3. The van der Waals surface area contributed by atoms with Gasteiger partial charge in [0.15, 0.2) is 11.3 Å². The Morgan fingerprint density at radius 2 is 1.83 bits per heavy atom. The maximum Gasteiger partial charge on any atom is 0.410 e. The fourth-order valence-corrected chi connectivity index (χ4v) is 5.85. The lowest BCUT2D eigenvalue weighted by Gasteiger charge is -2.33. The number of nitrogens with zero attached hydrogens (tertiary/aromatic N) is 6. The Kier molecular flexibility index (Phi) is 9.16. The molecular formula is C29H35F5N8O5. The first-order valence-corrected chi connectivity index (χ1v) is 15.0. The summed E-state index contributed by atoms with van der Waals surface area (Å²) in [4.78, 5) is 43.9. The van der Waals surface area contributed by atoms with Gasteiger partial charge in [0.05, 0.1) is 36.0 Å². The molecule has 5 rings (SSSR count). The van der Waals surface area contributed by atoms with E-state index in [9.17, 15) is 36.3 Å². The van der Waals surface area contributed by atoms with Gasteiger partial charge in [-0.1, -0.05) is 5.16 Å². The number of alkyl halides is 5. The Hall–Kier alpha value is -4.38. The fraction of sp³-hybridized carbons (Fsp3) is 0.621. The van der Waals surface area contributed by atoms with E-state index in [0.717, 1.165) is 4.90 Å². The second-order valence-electron chi connectivity index (χ2n) is 13.0. The average Bonchev–Trinajstić information content (AvgIpc) is 3.71. The number of imidazole rings is 1. The highest BCUT2D eigenvalue weighted by atomic mass is 19.4. The molecule has 1 saturated heterocycles. The molecule has 0 spiro atoms. The predicted molar refractivity (Wildman–Crippen MR) is 152 cm³/mol. The van der Waals surface area contributed by atoms with E-state index in [1.54, 1.807) is 33.0 Å². The van der Waals surface area contributed by atoms with E-state index in [1.165, 1.54) is 17.6 Å². The van der Waals surface area contributed by atoms with Crippen molar-refractivity contribution in [2.24, 2.45) is 17.8 Å². The van der Waals surface area contributed by atoms with E-state index < -0.39 is 66.6 Å². The molecule has 3 aromatic rings. The van der Waals surface area contributed by atoms with Crippen LogP contribution in [0.3, 0.4) is 0 Å². The van der Waals surface area contributed by atoms with E-state index in [1.807, 2.05) is 0 Å². The SMILES string of the molecule is Cc1nonc1C(=O)N[C@H](c1cn2ncc(CNC(=O)C3CN(C(=O)OC(C)(C)C)CC3C(F)(F)F)cc2n1)C1CCC(F)(F)CC1. The molecule has 3 aromatic heterocycles. The van der Waals surface area contributed by atoms with E-state index >= 15 is 0 Å². The highest BCUT2D eigenvalue weighted by Gasteiger charge is 2.54. The molecule has 2 N–H and O–H groups in total. The van der Waals surface area contributed by atoms with Gasteiger partial charge in [-0.3, -0.25) is 9.59 Å². The lowest BCUT2D eigenvalue weighted by Crippen LogP contribution is -2.39. The van der Waals surface area contributed by atoms with Crippen LogP contribution in [-0.2, 0) is 16.1 Å². The van der Waals surface area contributed by atoms with Gasteiger partial charge in [-0.05, 0) is 63.2 Å². The quantitative estimate of drug-likeness (QED) is 0.348. The van der Waals surface area contributed by atoms with Crippen molar-refractivity contribution in [2.75, 3.05) is 13.1 Å². The van der Waals surface area contributed by atoms with Crippen LogP contribution in [0, 0.1) is 24.7 Å². The Morgan fingerprint density at radius 3 is 2.45 bits per heavy atom. The number of hydrogen-bond donors (Lipinski definition) is 2. The normalized spacial score (nSPS) is 21.1. The number of rotatable bonds is 7. The molecule has 2 aliphatic rings. The first-order chi connectivity index (χ1) is 21.9. The molecular weight excluding hydrogens is 635 g/mol. The second kappa shape index (κ2) is 12.7. The number of fused-ring (bicyclic) bond motifs is 1. The summed E-state index contributed by atoms with van der Waals surface area (Å²) in [5.41, 5.74) is 0.315. The molecule has 18 heteroatoms. The standard InChI is InChI=1S/C29H35F5N8O5/c1-15-22(40-47-39-15)25(44)38-23(17-5-7-28(30,31)8-6-17)20-14-42-21(37-20)9-16(11-36-42)10-35-24(43)18-12-41(13-19(18)29(32,33)34)26(45)46-27(2,3)4/h9,11,14,17-19,23H,5-8,10,12-13H2,1-4H3,(H,35,43)(H,38,44)/t18?,19?,23-/m0/s1. The largest absolute Gasteiger partial charge is 0.444 e. The minimum absolute atomic E-state index is 0.0553. The van der Waals surface area contributed by atoms with E-state index in [2.05, 4.69) is 35.7 Å². The van der Waals surface area contributed by atoms with Gasteiger partial charge in [0.1, 0.15) is 11.3 Å². The second-order valence-corrected chi connectivity index (χ2v) is 13.0. The van der Waals surface area contributed by atoms with Crippen LogP contribution in [0.4, 0.5) is 26.7 Å². The number of nitrogens with one attached hydrogen (secondary N) is 2. The summed E-state index contributed by atoms with van der Waals surface area (Å²) in [5.74, 6) is -8.31. The van der Waals surface area contributed by atoms with Crippen LogP contribution < -0.4 is 10.6 Å². The summed E-state index contributed by atoms with van der Waals surface area (Å²) in [5, 5.41) is 16.8. The molecule has 1 aliphatic heterocycles. The van der Waals surface area contributed by atoms with E-state index in [0.29, 0.717) is 11.3 Å². The topological polar surface area (TPSA) is 157 Å². The van der Waals surface area contributed by atoms with E-state index in [-0.39, 0.29) is 55.2 Å². The average molecular weight is 671 g/mol. The third-order valence-electron chi connectivity index (χ3n) is 8.30. The van der Waals surface area contributed by atoms with Crippen molar-refractivity contribution < 1.29 is 45.7 Å². The summed E-state index contributed by atoms with van der Waals surface area (Å²) in [6.07, 6.45) is -3.19. The predicted octanol–water partition coefficient (Wildman–Crippen LogP) is 4.38. The number of aryl methyl sites for hydroxylation is 1. The molecule has 0 bridgehead atoms. The van der Waals surface area contributed by atoms with Crippen molar-refractivity contribution in [3.63, 3.8) is 0 Å². The minimum atomic E-state index is -4.73. The van der Waals surface area contributed by atoms with Gasteiger partial charge in [0.2, 0.25) is 11.8 Å². The van der Waals surface area contributed by atoms with Crippen LogP contribution in [0.15, 0.2) is 23.1 Å². The van der Waals surface area contributed by atoms with Crippen LogP contribution in [0.25, 0.3) is 5.65 Å². The van der Waals surface area contributed by atoms with Gasteiger partial charge in [-0.2, -0.15) is 18.3 Å². The van der Waals surface area contributed by atoms with Crippen molar-refractivity contribution in [3.05, 3.63) is 41.1 Å². The van der Waals surface area contributed by atoms with Gasteiger partial charge in [-0.15, -0.1) is 0 Å². The summed E-state index contributed by atoms with van der Waals surface area (Å²) in [7, 11) is 0. The number of likely N-dealkylation sites (tertiary alicyclic amines) is 1. The highest BCUT2D eigenvalue weighted by molar-refractivity contribution is 5.93. The number of halogens is 5. The van der Waals surface area contributed by atoms with Crippen molar-refractivity contribution in [2.45, 2.75) is 83.7 Å².